The van der Waals surface area contributed by atoms with E-state index in [1.165, 1.54) is 11.3 Å². The molecule has 4 heteroatoms. The van der Waals surface area contributed by atoms with Crippen LogP contribution in [-0.2, 0) is 4.74 Å². The van der Waals surface area contributed by atoms with Crippen LogP contribution in [0, 0.1) is 0 Å². The number of ether oxygens (including phenoxy) is 1. The standard InChI is InChI=1S/C11H15NO2S/c1-11(5-3-6-14-11)8-12-10(13)9-4-2-7-15-9/h2,4,7H,3,5-6,8H2,1H3,(H,12,13). The van der Waals surface area contributed by atoms with Gasteiger partial charge in [0, 0.05) is 13.2 Å². The highest BCUT2D eigenvalue weighted by Crippen LogP contribution is 2.24. The van der Waals surface area contributed by atoms with Crippen LogP contribution in [-0.4, -0.2) is 24.7 Å². The summed E-state index contributed by atoms with van der Waals surface area (Å²) in [7, 11) is 0. The van der Waals surface area contributed by atoms with Gasteiger partial charge in [0.2, 0.25) is 0 Å². The monoisotopic (exact) mass is 225 g/mol. The lowest BCUT2D eigenvalue weighted by Gasteiger charge is -2.23. The predicted molar refractivity (Wildman–Crippen MR) is 60.2 cm³/mol. The van der Waals surface area contributed by atoms with Crippen LogP contribution in [0.1, 0.15) is 29.4 Å². The molecule has 1 unspecified atom stereocenters. The lowest BCUT2D eigenvalue weighted by molar-refractivity contribution is 0.0206. The molecular formula is C11H15NO2S. The minimum Gasteiger partial charge on any atom is -0.373 e. The van der Waals surface area contributed by atoms with Gasteiger partial charge in [-0.1, -0.05) is 6.07 Å². The highest BCUT2D eigenvalue weighted by molar-refractivity contribution is 7.12. The topological polar surface area (TPSA) is 38.3 Å². The third kappa shape index (κ3) is 2.58. The van der Waals surface area contributed by atoms with E-state index in [0.717, 1.165) is 24.3 Å². The van der Waals surface area contributed by atoms with Crippen LogP contribution in [0.5, 0.6) is 0 Å². The van der Waals surface area contributed by atoms with Crippen molar-refractivity contribution in [2.24, 2.45) is 0 Å². The summed E-state index contributed by atoms with van der Waals surface area (Å²) in [5, 5.41) is 4.82. The predicted octanol–water partition coefficient (Wildman–Crippen LogP) is 2.05. The Bertz CT molecular complexity index is 328. The lowest BCUT2D eigenvalue weighted by atomic mass is 10.0. The van der Waals surface area contributed by atoms with E-state index in [9.17, 15) is 4.79 Å². The second kappa shape index (κ2) is 4.33. The second-order valence-electron chi connectivity index (χ2n) is 4.06. The molecule has 0 radical (unpaired) electrons. The number of hydrogen-bond donors (Lipinski definition) is 1. The molecule has 0 aromatic carbocycles. The molecule has 0 bridgehead atoms. The van der Waals surface area contributed by atoms with Crippen molar-refractivity contribution < 1.29 is 9.53 Å². The zero-order valence-electron chi connectivity index (χ0n) is 8.79. The van der Waals surface area contributed by atoms with Crippen molar-refractivity contribution in [3.8, 4) is 0 Å². The fraction of sp³-hybridized carbons (Fsp3) is 0.545. The van der Waals surface area contributed by atoms with Crippen molar-refractivity contribution in [3.05, 3.63) is 22.4 Å². The summed E-state index contributed by atoms with van der Waals surface area (Å²) >= 11 is 1.46. The van der Waals surface area contributed by atoms with Gasteiger partial charge in [0.25, 0.3) is 5.91 Å². The third-order valence-corrected chi connectivity index (χ3v) is 3.54. The van der Waals surface area contributed by atoms with Crippen molar-refractivity contribution in [2.75, 3.05) is 13.2 Å². The van der Waals surface area contributed by atoms with Crippen molar-refractivity contribution in [1.29, 1.82) is 0 Å². The molecular weight excluding hydrogens is 210 g/mol. The molecule has 2 heterocycles. The van der Waals surface area contributed by atoms with Crippen LogP contribution in [0.2, 0.25) is 0 Å². The van der Waals surface area contributed by atoms with E-state index in [-0.39, 0.29) is 11.5 Å². The van der Waals surface area contributed by atoms with Crippen molar-refractivity contribution in [2.45, 2.75) is 25.4 Å². The Labute approximate surface area is 93.4 Å². The Hall–Kier alpha value is -0.870. The van der Waals surface area contributed by atoms with Crippen LogP contribution in [0.3, 0.4) is 0 Å². The van der Waals surface area contributed by atoms with Gasteiger partial charge in [0.15, 0.2) is 0 Å². The van der Waals surface area contributed by atoms with Crippen LogP contribution < -0.4 is 5.32 Å². The summed E-state index contributed by atoms with van der Waals surface area (Å²) in [6, 6.07) is 3.71. The van der Waals surface area contributed by atoms with Gasteiger partial charge in [-0.05, 0) is 31.2 Å². The maximum atomic E-state index is 11.6. The highest BCUT2D eigenvalue weighted by Gasteiger charge is 2.30. The number of hydrogen-bond acceptors (Lipinski definition) is 3. The first kappa shape index (κ1) is 10.6. The summed E-state index contributed by atoms with van der Waals surface area (Å²) in [6.07, 6.45) is 2.11. The van der Waals surface area contributed by atoms with E-state index in [4.69, 9.17) is 4.74 Å². The quantitative estimate of drug-likeness (QED) is 0.855. The fourth-order valence-electron chi connectivity index (χ4n) is 1.74. The van der Waals surface area contributed by atoms with E-state index < -0.39 is 0 Å². The molecule has 1 atom stereocenters. The van der Waals surface area contributed by atoms with Crippen molar-refractivity contribution in [1.82, 2.24) is 5.32 Å². The largest absolute Gasteiger partial charge is 0.373 e. The molecule has 1 aromatic heterocycles. The third-order valence-electron chi connectivity index (χ3n) is 2.67. The van der Waals surface area contributed by atoms with Crippen LogP contribution in [0.4, 0.5) is 0 Å². The second-order valence-corrected chi connectivity index (χ2v) is 5.01. The van der Waals surface area contributed by atoms with E-state index in [2.05, 4.69) is 12.2 Å². The van der Waals surface area contributed by atoms with Gasteiger partial charge in [-0.2, -0.15) is 0 Å². The Balaban J connectivity index is 1.85. The fourth-order valence-corrected chi connectivity index (χ4v) is 2.38. The van der Waals surface area contributed by atoms with E-state index in [1.807, 2.05) is 17.5 Å². The molecule has 82 valence electrons. The normalized spacial score (nSPS) is 25.4. The van der Waals surface area contributed by atoms with Gasteiger partial charge in [-0.15, -0.1) is 11.3 Å². The van der Waals surface area contributed by atoms with Gasteiger partial charge in [0.05, 0.1) is 10.5 Å². The molecule has 0 aliphatic carbocycles. The Morgan fingerprint density at radius 1 is 1.73 bits per heavy atom. The average Bonchev–Trinajstić information content (AvgIpc) is 2.85. The summed E-state index contributed by atoms with van der Waals surface area (Å²) in [5.41, 5.74) is -0.160. The minimum absolute atomic E-state index is 0.00160. The summed E-state index contributed by atoms with van der Waals surface area (Å²) in [4.78, 5) is 12.4. The number of amides is 1. The minimum atomic E-state index is -0.160. The maximum absolute atomic E-state index is 11.6. The first-order chi connectivity index (χ1) is 7.20. The number of rotatable bonds is 3. The Morgan fingerprint density at radius 3 is 3.20 bits per heavy atom. The number of carbonyl (C=O) groups is 1. The summed E-state index contributed by atoms with van der Waals surface area (Å²) in [6.45, 7) is 3.46. The van der Waals surface area contributed by atoms with Crippen LogP contribution >= 0.6 is 11.3 Å². The van der Waals surface area contributed by atoms with Crippen LogP contribution in [0.15, 0.2) is 17.5 Å². The van der Waals surface area contributed by atoms with Crippen LogP contribution in [0.25, 0.3) is 0 Å². The lowest BCUT2D eigenvalue weighted by Crippen LogP contribution is -2.39. The molecule has 1 aliphatic heterocycles. The van der Waals surface area contributed by atoms with Gasteiger partial charge in [-0.25, -0.2) is 0 Å². The van der Waals surface area contributed by atoms with E-state index in [1.54, 1.807) is 0 Å². The smallest absolute Gasteiger partial charge is 0.261 e. The molecule has 0 spiro atoms. The first-order valence-electron chi connectivity index (χ1n) is 5.15. The molecule has 1 fully saturated rings. The molecule has 2 rings (SSSR count). The number of nitrogens with one attached hydrogen (secondary N) is 1. The molecule has 3 nitrogen and oxygen atoms in total. The van der Waals surface area contributed by atoms with Gasteiger partial charge < -0.3 is 10.1 Å². The highest BCUT2D eigenvalue weighted by atomic mass is 32.1. The van der Waals surface area contributed by atoms with Gasteiger partial charge in [-0.3, -0.25) is 4.79 Å². The molecule has 1 N–H and O–H groups in total. The average molecular weight is 225 g/mol. The molecule has 0 saturated carbocycles. The van der Waals surface area contributed by atoms with Crippen molar-refractivity contribution in [3.63, 3.8) is 0 Å². The molecule has 15 heavy (non-hydrogen) atoms. The maximum Gasteiger partial charge on any atom is 0.261 e. The van der Waals surface area contributed by atoms with Crippen molar-refractivity contribution >= 4 is 17.2 Å². The zero-order chi connectivity index (χ0) is 10.7. The number of carbonyl (C=O) groups excluding carboxylic acids is 1. The Kier molecular flexibility index (Phi) is 3.07. The SMILES string of the molecule is CC1(CNC(=O)c2cccs2)CCCO1. The molecule has 1 saturated heterocycles. The Morgan fingerprint density at radius 2 is 2.60 bits per heavy atom. The van der Waals surface area contributed by atoms with E-state index in [0.29, 0.717) is 6.54 Å². The van der Waals surface area contributed by atoms with Gasteiger partial charge in [0.1, 0.15) is 0 Å². The number of thiophene rings is 1. The summed E-state index contributed by atoms with van der Waals surface area (Å²) in [5.74, 6) is 0.00160. The summed E-state index contributed by atoms with van der Waals surface area (Å²) < 4.78 is 5.60. The molecule has 1 aliphatic rings. The zero-order valence-corrected chi connectivity index (χ0v) is 9.60. The van der Waals surface area contributed by atoms with Gasteiger partial charge >= 0.3 is 0 Å². The molecule has 1 amide bonds. The molecule has 1 aromatic rings. The van der Waals surface area contributed by atoms with E-state index >= 15 is 0 Å². The first-order valence-corrected chi connectivity index (χ1v) is 6.03.